The highest BCUT2D eigenvalue weighted by Gasteiger charge is 2.26. The number of rotatable bonds is 3. The van der Waals surface area contributed by atoms with Crippen molar-refractivity contribution in [3.8, 4) is 6.07 Å². The predicted octanol–water partition coefficient (Wildman–Crippen LogP) is 1.26. The number of piperazine rings is 1. The molecule has 0 aliphatic carbocycles. The molecule has 3 heterocycles. The third kappa shape index (κ3) is 4.01. The van der Waals surface area contributed by atoms with Gasteiger partial charge in [0.05, 0.1) is 12.5 Å². The molecule has 0 bridgehead atoms. The Kier molecular flexibility index (Phi) is 5.26. The number of aromatic nitrogens is 2. The minimum absolute atomic E-state index is 0.0857. The monoisotopic (exact) mass is 329 g/mol. The van der Waals surface area contributed by atoms with Gasteiger partial charge in [-0.2, -0.15) is 5.26 Å². The summed E-state index contributed by atoms with van der Waals surface area (Å²) in [4.78, 5) is 25.0. The van der Waals surface area contributed by atoms with Crippen molar-refractivity contribution in [2.24, 2.45) is 0 Å². The summed E-state index contributed by atoms with van der Waals surface area (Å²) in [6.45, 7) is 5.32. The van der Waals surface area contributed by atoms with Crippen LogP contribution in [0.4, 0.5) is 5.95 Å². The summed E-state index contributed by atoms with van der Waals surface area (Å²) >= 11 is 0. The largest absolute Gasteiger partial charge is 0.378 e. The van der Waals surface area contributed by atoms with Crippen LogP contribution in [0.3, 0.4) is 0 Å². The fourth-order valence-corrected chi connectivity index (χ4v) is 3.20. The van der Waals surface area contributed by atoms with Gasteiger partial charge in [0, 0.05) is 38.5 Å². The third-order valence-corrected chi connectivity index (χ3v) is 4.55. The quantitative estimate of drug-likeness (QED) is 0.830. The molecule has 2 aliphatic heterocycles. The fourth-order valence-electron chi connectivity index (χ4n) is 3.20. The van der Waals surface area contributed by atoms with Gasteiger partial charge in [-0.05, 0) is 32.3 Å². The zero-order valence-corrected chi connectivity index (χ0v) is 14.1. The topological polar surface area (TPSA) is 82.4 Å². The molecule has 1 atom stereocenters. The first-order chi connectivity index (χ1) is 11.7. The summed E-state index contributed by atoms with van der Waals surface area (Å²) < 4.78 is 5.66. The van der Waals surface area contributed by atoms with Gasteiger partial charge in [0.25, 0.3) is 0 Å². The number of nitrogens with zero attached hydrogens (tertiary/aromatic N) is 5. The van der Waals surface area contributed by atoms with Gasteiger partial charge in [0.1, 0.15) is 11.8 Å². The van der Waals surface area contributed by atoms with Gasteiger partial charge >= 0.3 is 0 Å². The van der Waals surface area contributed by atoms with Crippen LogP contribution in [0.2, 0.25) is 0 Å². The van der Waals surface area contributed by atoms with Crippen LogP contribution in [-0.2, 0) is 9.53 Å². The Morgan fingerprint density at radius 3 is 2.79 bits per heavy atom. The highest BCUT2D eigenvalue weighted by atomic mass is 16.5. The summed E-state index contributed by atoms with van der Waals surface area (Å²) in [7, 11) is 0. The van der Waals surface area contributed by atoms with E-state index in [2.05, 4.69) is 16.0 Å². The van der Waals surface area contributed by atoms with Crippen LogP contribution in [0.1, 0.15) is 37.1 Å². The van der Waals surface area contributed by atoms with Crippen LogP contribution >= 0.6 is 0 Å². The summed E-state index contributed by atoms with van der Waals surface area (Å²) in [6.07, 6.45) is 3.81. The molecule has 0 N–H and O–H groups in total. The van der Waals surface area contributed by atoms with Crippen molar-refractivity contribution in [1.29, 1.82) is 5.26 Å². The number of carbonyl (C=O) groups is 1. The van der Waals surface area contributed by atoms with Crippen LogP contribution < -0.4 is 4.90 Å². The number of ether oxygens (including phenoxy) is 1. The molecule has 24 heavy (non-hydrogen) atoms. The molecule has 3 rings (SSSR count). The molecule has 7 nitrogen and oxygen atoms in total. The van der Waals surface area contributed by atoms with E-state index < -0.39 is 0 Å². The lowest BCUT2D eigenvalue weighted by molar-refractivity contribution is -0.135. The van der Waals surface area contributed by atoms with Gasteiger partial charge in [-0.15, -0.1) is 0 Å². The Morgan fingerprint density at radius 2 is 2.12 bits per heavy atom. The van der Waals surface area contributed by atoms with Crippen molar-refractivity contribution in [3.63, 3.8) is 0 Å². The molecule has 0 radical (unpaired) electrons. The number of aryl methyl sites for hydroxylation is 1. The molecular weight excluding hydrogens is 306 g/mol. The molecule has 1 unspecified atom stereocenters. The Bertz CT molecular complexity index is 628. The van der Waals surface area contributed by atoms with Gasteiger partial charge in [0.15, 0.2) is 0 Å². The number of carbonyl (C=O) groups excluding carboxylic acids is 1. The number of anilines is 1. The first-order valence-corrected chi connectivity index (χ1v) is 8.56. The SMILES string of the molecule is Cc1cc(C#N)nc(N2CCN(C(=O)CC3CCCCO3)CC2)n1. The summed E-state index contributed by atoms with van der Waals surface area (Å²) in [5, 5.41) is 9.03. The highest BCUT2D eigenvalue weighted by molar-refractivity contribution is 5.77. The van der Waals surface area contributed by atoms with E-state index in [-0.39, 0.29) is 12.0 Å². The van der Waals surface area contributed by atoms with Crippen LogP contribution in [0, 0.1) is 18.3 Å². The molecule has 1 amide bonds. The molecule has 2 fully saturated rings. The molecule has 1 aromatic heterocycles. The Morgan fingerprint density at radius 1 is 1.33 bits per heavy atom. The van der Waals surface area contributed by atoms with Gasteiger partial charge in [0.2, 0.25) is 11.9 Å². The average Bonchev–Trinajstić information content (AvgIpc) is 2.62. The van der Waals surface area contributed by atoms with Gasteiger partial charge in [-0.3, -0.25) is 4.79 Å². The van der Waals surface area contributed by atoms with Crippen LogP contribution in [-0.4, -0.2) is 59.7 Å². The molecule has 2 aliphatic rings. The molecular formula is C17H23N5O2. The average molecular weight is 329 g/mol. The lowest BCUT2D eigenvalue weighted by atomic mass is 10.1. The third-order valence-electron chi connectivity index (χ3n) is 4.55. The van der Waals surface area contributed by atoms with E-state index in [1.807, 2.05) is 16.7 Å². The van der Waals surface area contributed by atoms with Gasteiger partial charge in [-0.1, -0.05) is 0 Å². The second-order valence-corrected chi connectivity index (χ2v) is 6.37. The van der Waals surface area contributed by atoms with Crippen LogP contribution in [0.5, 0.6) is 0 Å². The molecule has 1 aromatic rings. The Labute approximate surface area is 142 Å². The molecule has 2 saturated heterocycles. The number of hydrogen-bond acceptors (Lipinski definition) is 6. The van der Waals surface area contributed by atoms with Crippen LogP contribution in [0.15, 0.2) is 6.07 Å². The number of amides is 1. The van der Waals surface area contributed by atoms with Crippen molar-refractivity contribution >= 4 is 11.9 Å². The lowest BCUT2D eigenvalue weighted by Crippen LogP contribution is -2.50. The summed E-state index contributed by atoms with van der Waals surface area (Å²) in [5.74, 6) is 0.749. The smallest absolute Gasteiger partial charge is 0.226 e. The summed E-state index contributed by atoms with van der Waals surface area (Å²) in [5.41, 5.74) is 1.16. The van der Waals surface area contributed by atoms with Gasteiger partial charge in [-0.25, -0.2) is 9.97 Å². The maximum Gasteiger partial charge on any atom is 0.226 e. The van der Waals surface area contributed by atoms with Crippen molar-refractivity contribution < 1.29 is 9.53 Å². The van der Waals surface area contributed by atoms with Crippen molar-refractivity contribution in [1.82, 2.24) is 14.9 Å². The molecule has 0 aromatic carbocycles. The van der Waals surface area contributed by atoms with Gasteiger partial charge < -0.3 is 14.5 Å². The van der Waals surface area contributed by atoms with E-state index in [1.165, 1.54) is 0 Å². The maximum absolute atomic E-state index is 12.4. The van der Waals surface area contributed by atoms with E-state index >= 15 is 0 Å². The van der Waals surface area contributed by atoms with Crippen molar-refractivity contribution in [3.05, 3.63) is 17.5 Å². The first kappa shape index (κ1) is 16.7. The van der Waals surface area contributed by atoms with E-state index in [0.29, 0.717) is 44.2 Å². The van der Waals surface area contributed by atoms with E-state index in [4.69, 9.17) is 10.00 Å². The molecule has 128 valence electrons. The first-order valence-electron chi connectivity index (χ1n) is 8.56. The maximum atomic E-state index is 12.4. The minimum atomic E-state index is 0.0857. The molecule has 0 saturated carbocycles. The summed E-state index contributed by atoms with van der Waals surface area (Å²) in [6, 6.07) is 3.74. The highest BCUT2D eigenvalue weighted by Crippen LogP contribution is 2.18. The predicted molar refractivity (Wildman–Crippen MR) is 88.5 cm³/mol. The normalized spacial score (nSPS) is 21.4. The zero-order chi connectivity index (χ0) is 16.9. The van der Waals surface area contributed by atoms with Crippen molar-refractivity contribution in [2.75, 3.05) is 37.7 Å². The standard InChI is InChI=1S/C17H23N5O2/c1-13-10-14(12-18)20-17(19-13)22-7-5-21(6-8-22)16(23)11-15-4-2-3-9-24-15/h10,15H,2-9,11H2,1H3. The molecule has 7 heteroatoms. The number of hydrogen-bond donors (Lipinski definition) is 0. The van der Waals surface area contributed by atoms with E-state index in [0.717, 1.165) is 31.6 Å². The second kappa shape index (κ2) is 7.58. The minimum Gasteiger partial charge on any atom is -0.378 e. The lowest BCUT2D eigenvalue weighted by Gasteiger charge is -2.35. The molecule has 0 spiro atoms. The Balaban J connectivity index is 1.54. The van der Waals surface area contributed by atoms with E-state index in [1.54, 1.807) is 6.07 Å². The van der Waals surface area contributed by atoms with Crippen molar-refractivity contribution in [2.45, 2.75) is 38.7 Å². The number of nitriles is 1. The second-order valence-electron chi connectivity index (χ2n) is 6.37. The van der Waals surface area contributed by atoms with E-state index in [9.17, 15) is 4.79 Å². The van der Waals surface area contributed by atoms with Crippen LogP contribution in [0.25, 0.3) is 0 Å². The zero-order valence-electron chi connectivity index (χ0n) is 14.1. The fraction of sp³-hybridized carbons (Fsp3) is 0.647. The Hall–Kier alpha value is -2.20.